The summed E-state index contributed by atoms with van der Waals surface area (Å²) in [6.45, 7) is 0. The molecule has 0 amide bonds. The van der Waals surface area contributed by atoms with Gasteiger partial charge >= 0.3 is 0 Å². The Morgan fingerprint density at radius 2 is 2.12 bits per heavy atom. The molecule has 0 spiro atoms. The molecule has 2 aromatic rings. The third-order valence-electron chi connectivity index (χ3n) is 2.44. The van der Waals surface area contributed by atoms with Crippen molar-refractivity contribution in [2.24, 2.45) is 0 Å². The van der Waals surface area contributed by atoms with Crippen LogP contribution in [-0.4, -0.2) is 29.2 Å². The van der Waals surface area contributed by atoms with Gasteiger partial charge in [0.05, 0.1) is 12.1 Å². The van der Waals surface area contributed by atoms with E-state index in [0.717, 1.165) is 5.56 Å². The van der Waals surface area contributed by atoms with Gasteiger partial charge in [0.2, 0.25) is 0 Å². The number of anilines is 1. The van der Waals surface area contributed by atoms with Gasteiger partial charge in [0.15, 0.2) is 5.76 Å². The van der Waals surface area contributed by atoms with Crippen molar-refractivity contribution in [3.63, 3.8) is 0 Å². The first-order chi connectivity index (χ1) is 8.22. The Hall–Kier alpha value is -1.52. The molecule has 0 aliphatic carbocycles. The Balaban J connectivity index is 2.22. The molecule has 1 aromatic carbocycles. The first-order valence-corrected chi connectivity index (χ1v) is 5.74. The zero-order valence-electron chi connectivity index (χ0n) is 9.38. The van der Waals surface area contributed by atoms with Gasteiger partial charge in [0.25, 0.3) is 6.01 Å². The maximum Gasteiger partial charge on any atom is 0.299 e. The minimum absolute atomic E-state index is 0.0968. The Bertz CT molecular complexity index is 472. The number of rotatable bonds is 4. The Labute approximate surface area is 104 Å². The Morgan fingerprint density at radius 3 is 2.76 bits per heavy atom. The molecule has 0 bridgehead atoms. The van der Waals surface area contributed by atoms with Gasteiger partial charge in [0, 0.05) is 12.6 Å². The minimum atomic E-state index is -0.807. The molecule has 0 aliphatic rings. The predicted molar refractivity (Wildman–Crippen MR) is 67.1 cm³/mol. The highest BCUT2D eigenvalue weighted by Gasteiger charge is 2.16. The van der Waals surface area contributed by atoms with Crippen molar-refractivity contribution in [3.8, 4) is 11.3 Å². The van der Waals surface area contributed by atoms with Gasteiger partial charge in [-0.15, -0.1) is 11.6 Å². The molecule has 1 N–H and O–H groups in total. The SMILES string of the molecule is CN(c1ncc(-c2ccccc2)o1)C(O)CCl. The molecule has 2 rings (SSSR count). The quantitative estimate of drug-likeness (QED) is 0.670. The summed E-state index contributed by atoms with van der Waals surface area (Å²) in [5.41, 5.74) is 0.944. The lowest BCUT2D eigenvalue weighted by molar-refractivity contribution is 0.192. The van der Waals surface area contributed by atoms with E-state index < -0.39 is 6.23 Å². The number of aromatic nitrogens is 1. The van der Waals surface area contributed by atoms with E-state index in [9.17, 15) is 5.11 Å². The van der Waals surface area contributed by atoms with E-state index >= 15 is 0 Å². The van der Waals surface area contributed by atoms with Gasteiger partial charge in [-0.2, -0.15) is 0 Å². The van der Waals surface area contributed by atoms with Gasteiger partial charge < -0.3 is 14.4 Å². The van der Waals surface area contributed by atoms with Crippen molar-refractivity contribution in [1.82, 2.24) is 4.98 Å². The molecule has 90 valence electrons. The molecular formula is C12H13ClN2O2. The van der Waals surface area contributed by atoms with Crippen molar-refractivity contribution >= 4 is 17.6 Å². The first kappa shape index (κ1) is 12.0. The second-order valence-electron chi connectivity index (χ2n) is 3.62. The lowest BCUT2D eigenvalue weighted by Crippen LogP contribution is -2.32. The molecule has 0 saturated heterocycles. The molecule has 0 fully saturated rings. The van der Waals surface area contributed by atoms with Gasteiger partial charge in [0.1, 0.15) is 6.23 Å². The number of halogens is 1. The maximum atomic E-state index is 9.55. The topological polar surface area (TPSA) is 49.5 Å². The van der Waals surface area contributed by atoms with E-state index in [0.29, 0.717) is 11.8 Å². The van der Waals surface area contributed by atoms with Crippen molar-refractivity contribution < 1.29 is 9.52 Å². The van der Waals surface area contributed by atoms with Crippen molar-refractivity contribution in [3.05, 3.63) is 36.5 Å². The molecule has 0 radical (unpaired) electrons. The lowest BCUT2D eigenvalue weighted by atomic mass is 10.2. The van der Waals surface area contributed by atoms with Crippen LogP contribution in [0.3, 0.4) is 0 Å². The fraction of sp³-hybridized carbons (Fsp3) is 0.250. The number of aliphatic hydroxyl groups is 1. The normalized spacial score (nSPS) is 12.4. The minimum Gasteiger partial charge on any atom is -0.423 e. The smallest absolute Gasteiger partial charge is 0.299 e. The zero-order valence-corrected chi connectivity index (χ0v) is 10.1. The molecule has 1 heterocycles. The highest BCUT2D eigenvalue weighted by Crippen LogP contribution is 2.24. The van der Waals surface area contributed by atoms with Crippen LogP contribution in [0, 0.1) is 0 Å². The van der Waals surface area contributed by atoms with Crippen LogP contribution >= 0.6 is 11.6 Å². The van der Waals surface area contributed by atoms with Crippen LogP contribution < -0.4 is 4.90 Å². The summed E-state index contributed by atoms with van der Waals surface area (Å²) in [5, 5.41) is 9.55. The van der Waals surface area contributed by atoms with E-state index in [4.69, 9.17) is 16.0 Å². The summed E-state index contributed by atoms with van der Waals surface area (Å²) in [6, 6.07) is 10.00. The molecular weight excluding hydrogens is 240 g/mol. The summed E-state index contributed by atoms with van der Waals surface area (Å²) in [7, 11) is 1.67. The molecule has 1 unspecified atom stereocenters. The average Bonchev–Trinajstić information content (AvgIpc) is 2.87. The second kappa shape index (κ2) is 5.21. The highest BCUT2D eigenvalue weighted by atomic mass is 35.5. The number of hydrogen-bond donors (Lipinski definition) is 1. The highest BCUT2D eigenvalue weighted by molar-refractivity contribution is 6.18. The largest absolute Gasteiger partial charge is 0.423 e. The first-order valence-electron chi connectivity index (χ1n) is 5.20. The van der Waals surface area contributed by atoms with Gasteiger partial charge in [-0.1, -0.05) is 30.3 Å². The molecule has 0 aliphatic heterocycles. The number of oxazole rings is 1. The third-order valence-corrected chi connectivity index (χ3v) is 2.71. The van der Waals surface area contributed by atoms with Crippen LogP contribution in [0.1, 0.15) is 0 Å². The van der Waals surface area contributed by atoms with Gasteiger partial charge in [-0.25, -0.2) is 4.98 Å². The summed E-state index contributed by atoms with van der Waals surface area (Å²) in [4.78, 5) is 5.59. The molecule has 5 heteroatoms. The van der Waals surface area contributed by atoms with Gasteiger partial charge in [-0.05, 0) is 0 Å². The monoisotopic (exact) mass is 252 g/mol. The van der Waals surface area contributed by atoms with Crippen molar-refractivity contribution in [2.75, 3.05) is 17.8 Å². The summed E-state index contributed by atoms with van der Waals surface area (Å²) in [6.07, 6.45) is 0.821. The standard InChI is InChI=1S/C12H13ClN2O2/c1-15(11(16)7-13)12-14-8-10(17-12)9-5-3-2-4-6-9/h2-6,8,11,16H,7H2,1H3. The van der Waals surface area contributed by atoms with Gasteiger partial charge in [-0.3, -0.25) is 0 Å². The molecule has 4 nitrogen and oxygen atoms in total. The zero-order chi connectivity index (χ0) is 12.3. The van der Waals surface area contributed by atoms with E-state index in [1.54, 1.807) is 13.2 Å². The van der Waals surface area contributed by atoms with Crippen molar-refractivity contribution in [1.29, 1.82) is 0 Å². The Morgan fingerprint density at radius 1 is 1.41 bits per heavy atom. The maximum absolute atomic E-state index is 9.55. The summed E-state index contributed by atoms with van der Waals surface area (Å²) >= 11 is 5.56. The summed E-state index contributed by atoms with van der Waals surface area (Å²) < 4.78 is 5.55. The van der Waals surface area contributed by atoms with Crippen LogP contribution in [-0.2, 0) is 0 Å². The number of hydrogen-bond acceptors (Lipinski definition) is 4. The van der Waals surface area contributed by atoms with E-state index in [2.05, 4.69) is 4.98 Å². The second-order valence-corrected chi connectivity index (χ2v) is 3.93. The average molecular weight is 253 g/mol. The number of nitrogens with zero attached hydrogens (tertiary/aromatic N) is 2. The van der Waals surface area contributed by atoms with Crippen LogP contribution in [0.2, 0.25) is 0 Å². The summed E-state index contributed by atoms with van der Waals surface area (Å²) in [5.74, 6) is 0.758. The third kappa shape index (κ3) is 2.60. The number of aliphatic hydroxyl groups excluding tert-OH is 1. The number of benzene rings is 1. The van der Waals surface area contributed by atoms with Crippen LogP contribution in [0.25, 0.3) is 11.3 Å². The fourth-order valence-corrected chi connectivity index (χ4v) is 1.60. The number of alkyl halides is 1. The van der Waals surface area contributed by atoms with Crippen molar-refractivity contribution in [2.45, 2.75) is 6.23 Å². The van der Waals surface area contributed by atoms with Crippen LogP contribution in [0.5, 0.6) is 0 Å². The molecule has 0 saturated carbocycles. The molecule has 1 aromatic heterocycles. The lowest BCUT2D eigenvalue weighted by Gasteiger charge is -2.19. The van der Waals surface area contributed by atoms with E-state index in [1.165, 1.54) is 4.90 Å². The predicted octanol–water partition coefficient (Wildman–Crippen LogP) is 2.33. The van der Waals surface area contributed by atoms with E-state index in [-0.39, 0.29) is 5.88 Å². The van der Waals surface area contributed by atoms with Crippen LogP contribution in [0.15, 0.2) is 40.9 Å². The molecule has 1 atom stereocenters. The van der Waals surface area contributed by atoms with Crippen LogP contribution in [0.4, 0.5) is 6.01 Å². The Kier molecular flexibility index (Phi) is 3.66. The fourth-order valence-electron chi connectivity index (χ4n) is 1.39. The molecule has 17 heavy (non-hydrogen) atoms. The van der Waals surface area contributed by atoms with E-state index in [1.807, 2.05) is 30.3 Å².